The summed E-state index contributed by atoms with van der Waals surface area (Å²) in [5, 5.41) is 23.7. The van der Waals surface area contributed by atoms with Crippen molar-refractivity contribution >= 4 is 29.0 Å². The lowest BCUT2D eigenvalue weighted by Gasteiger charge is -2.16. The van der Waals surface area contributed by atoms with Gasteiger partial charge in [0.15, 0.2) is 0 Å². The number of amides is 1. The Hall–Kier alpha value is -4.68. The molecule has 0 fully saturated rings. The second-order valence-electron chi connectivity index (χ2n) is 8.23. The minimum Gasteiger partial charge on any atom is -0.494 e. The van der Waals surface area contributed by atoms with Gasteiger partial charge in [0.2, 0.25) is 5.91 Å². The lowest BCUT2D eigenvalue weighted by molar-refractivity contribution is -0.384. The van der Waals surface area contributed by atoms with Gasteiger partial charge in [-0.25, -0.2) is 4.98 Å². The second-order valence-corrected chi connectivity index (χ2v) is 9.56. The number of rotatable bonds is 9. The molecule has 38 heavy (non-hydrogen) atoms. The Bertz CT molecular complexity index is 1500. The molecule has 1 amide bonds. The van der Waals surface area contributed by atoms with Crippen LogP contribution in [-0.2, 0) is 4.79 Å². The van der Waals surface area contributed by atoms with E-state index < -0.39 is 10.2 Å². The lowest BCUT2D eigenvalue weighted by Crippen LogP contribution is -2.22. The zero-order valence-electron chi connectivity index (χ0n) is 20.8. The first kappa shape index (κ1) is 26.4. The number of nitriles is 1. The maximum absolute atomic E-state index is 13.0. The van der Waals surface area contributed by atoms with E-state index in [9.17, 15) is 20.2 Å². The molecule has 4 rings (SSSR count). The van der Waals surface area contributed by atoms with Crippen LogP contribution in [0.25, 0.3) is 22.4 Å². The number of carbonyl (C=O) groups is 1. The molecule has 0 aliphatic carbocycles. The number of thioether (sulfide) groups is 1. The fraction of sp³-hybridized carbons (Fsp3) is 0.138. The SMILES string of the molecule is CCOc1ccc(-c2cc(-c3ccccc3)c(C#N)c(S[C@@H](C)C(=O)Nc3cccc([N+](=O)[O-])c3)n2)cc1. The molecule has 4 aromatic rings. The average molecular weight is 525 g/mol. The maximum atomic E-state index is 13.0. The van der Waals surface area contributed by atoms with Crippen LogP contribution in [0.4, 0.5) is 11.4 Å². The average Bonchev–Trinajstić information content (AvgIpc) is 2.93. The standard InChI is InChI=1S/C29H24N4O4S/c1-3-37-24-14-12-21(13-15-24)27-17-25(20-8-5-4-6-9-20)26(18-30)29(32-27)38-19(2)28(34)31-22-10-7-11-23(16-22)33(35)36/h4-17,19H,3H2,1-2H3,(H,31,34)/t19-/m0/s1. The van der Waals surface area contributed by atoms with Gasteiger partial charge < -0.3 is 10.1 Å². The minimum atomic E-state index is -0.645. The molecule has 3 aromatic carbocycles. The number of carbonyl (C=O) groups excluding carboxylic acids is 1. The zero-order chi connectivity index (χ0) is 27.1. The van der Waals surface area contributed by atoms with E-state index >= 15 is 0 Å². The number of non-ortho nitro benzene ring substituents is 1. The van der Waals surface area contributed by atoms with E-state index in [4.69, 9.17) is 9.72 Å². The quantitative estimate of drug-likeness (QED) is 0.147. The second kappa shape index (κ2) is 12.0. The van der Waals surface area contributed by atoms with E-state index in [1.165, 1.54) is 18.2 Å². The highest BCUT2D eigenvalue weighted by molar-refractivity contribution is 8.00. The zero-order valence-corrected chi connectivity index (χ0v) is 21.6. The van der Waals surface area contributed by atoms with Gasteiger partial charge in [0, 0.05) is 28.9 Å². The Balaban J connectivity index is 1.69. The van der Waals surface area contributed by atoms with Crippen LogP contribution in [0.5, 0.6) is 5.75 Å². The van der Waals surface area contributed by atoms with Gasteiger partial charge in [0.1, 0.15) is 16.8 Å². The Morgan fingerprint density at radius 1 is 1.08 bits per heavy atom. The summed E-state index contributed by atoms with van der Waals surface area (Å²) in [4.78, 5) is 28.3. The Labute approximate surface area is 224 Å². The number of nitro benzene ring substituents is 1. The summed E-state index contributed by atoms with van der Waals surface area (Å²) in [5.41, 5.74) is 3.62. The van der Waals surface area contributed by atoms with Crippen molar-refractivity contribution in [2.45, 2.75) is 24.1 Å². The van der Waals surface area contributed by atoms with Crippen molar-refractivity contribution < 1.29 is 14.5 Å². The van der Waals surface area contributed by atoms with Gasteiger partial charge in [0.05, 0.1) is 28.0 Å². The molecule has 0 bridgehead atoms. The smallest absolute Gasteiger partial charge is 0.271 e. The number of nitrogens with one attached hydrogen (secondary N) is 1. The fourth-order valence-electron chi connectivity index (χ4n) is 3.76. The molecule has 0 spiro atoms. The van der Waals surface area contributed by atoms with Crippen LogP contribution >= 0.6 is 11.8 Å². The highest BCUT2D eigenvalue weighted by atomic mass is 32.2. The summed E-state index contributed by atoms with van der Waals surface area (Å²) in [5.74, 6) is 0.378. The van der Waals surface area contributed by atoms with Gasteiger partial charge in [-0.1, -0.05) is 48.2 Å². The van der Waals surface area contributed by atoms with Gasteiger partial charge >= 0.3 is 0 Å². The van der Waals surface area contributed by atoms with E-state index in [1.54, 1.807) is 13.0 Å². The number of pyridine rings is 1. The number of ether oxygens (including phenoxy) is 1. The third kappa shape index (κ3) is 6.17. The number of anilines is 1. The van der Waals surface area contributed by atoms with Crippen molar-refractivity contribution in [1.82, 2.24) is 4.98 Å². The molecule has 1 atom stereocenters. The van der Waals surface area contributed by atoms with E-state index in [0.29, 0.717) is 34.1 Å². The van der Waals surface area contributed by atoms with E-state index in [1.807, 2.05) is 67.6 Å². The molecule has 9 heteroatoms. The third-order valence-corrected chi connectivity index (χ3v) is 6.71. The summed E-state index contributed by atoms with van der Waals surface area (Å²) in [6, 6.07) is 27.0. The van der Waals surface area contributed by atoms with Crippen LogP contribution in [0.1, 0.15) is 19.4 Å². The van der Waals surface area contributed by atoms with Gasteiger partial charge in [-0.2, -0.15) is 5.26 Å². The van der Waals surface area contributed by atoms with Crippen LogP contribution in [0.15, 0.2) is 90.0 Å². The Kier molecular flexibility index (Phi) is 8.36. The van der Waals surface area contributed by atoms with E-state index in [-0.39, 0.29) is 11.6 Å². The molecule has 0 saturated carbocycles. The molecule has 0 radical (unpaired) electrons. The normalized spacial score (nSPS) is 11.3. The van der Waals surface area contributed by atoms with Crippen molar-refractivity contribution in [1.29, 1.82) is 5.26 Å². The van der Waals surface area contributed by atoms with Crippen LogP contribution in [-0.4, -0.2) is 27.7 Å². The topological polar surface area (TPSA) is 118 Å². The van der Waals surface area contributed by atoms with E-state index in [2.05, 4.69) is 11.4 Å². The number of benzene rings is 3. The monoisotopic (exact) mass is 524 g/mol. The number of nitrogens with zero attached hydrogens (tertiary/aromatic N) is 3. The number of hydrogen-bond donors (Lipinski definition) is 1. The minimum absolute atomic E-state index is 0.118. The molecule has 1 heterocycles. The van der Waals surface area contributed by atoms with Crippen LogP contribution in [0, 0.1) is 21.4 Å². The molecule has 1 N–H and O–H groups in total. The molecule has 190 valence electrons. The molecule has 0 aliphatic rings. The van der Waals surface area contributed by atoms with E-state index in [0.717, 1.165) is 28.6 Å². The molecule has 0 unspecified atom stereocenters. The number of nitro groups is 1. The molecular formula is C29H24N4O4S. The summed E-state index contributed by atoms with van der Waals surface area (Å²) in [6.45, 7) is 4.18. The largest absolute Gasteiger partial charge is 0.494 e. The fourth-order valence-corrected chi connectivity index (χ4v) is 4.68. The van der Waals surface area contributed by atoms with Crippen molar-refractivity contribution in [2.75, 3.05) is 11.9 Å². The number of aromatic nitrogens is 1. The maximum Gasteiger partial charge on any atom is 0.271 e. The predicted molar refractivity (Wildman–Crippen MR) is 148 cm³/mol. The van der Waals surface area contributed by atoms with Crippen LogP contribution in [0.3, 0.4) is 0 Å². The first-order valence-electron chi connectivity index (χ1n) is 11.9. The predicted octanol–water partition coefficient (Wildman–Crippen LogP) is 6.71. The molecule has 1 aromatic heterocycles. The van der Waals surface area contributed by atoms with Crippen molar-refractivity contribution in [3.8, 4) is 34.2 Å². The first-order chi connectivity index (χ1) is 18.4. The highest BCUT2D eigenvalue weighted by Crippen LogP contribution is 2.36. The van der Waals surface area contributed by atoms with Crippen LogP contribution < -0.4 is 10.1 Å². The lowest BCUT2D eigenvalue weighted by atomic mass is 9.99. The highest BCUT2D eigenvalue weighted by Gasteiger charge is 2.22. The molecule has 0 aliphatic heterocycles. The van der Waals surface area contributed by atoms with Crippen molar-refractivity contribution in [2.24, 2.45) is 0 Å². The summed E-state index contributed by atoms with van der Waals surface area (Å²) >= 11 is 1.16. The van der Waals surface area contributed by atoms with Crippen molar-refractivity contribution in [3.63, 3.8) is 0 Å². The molecule has 0 saturated heterocycles. The summed E-state index contributed by atoms with van der Waals surface area (Å²) in [6.07, 6.45) is 0. The Morgan fingerprint density at radius 3 is 2.47 bits per heavy atom. The van der Waals surface area contributed by atoms with Gasteiger partial charge in [-0.05, 0) is 55.8 Å². The van der Waals surface area contributed by atoms with Crippen LogP contribution in [0.2, 0.25) is 0 Å². The van der Waals surface area contributed by atoms with Gasteiger partial charge in [0.25, 0.3) is 5.69 Å². The van der Waals surface area contributed by atoms with Gasteiger partial charge in [-0.3, -0.25) is 14.9 Å². The number of hydrogen-bond acceptors (Lipinski definition) is 7. The first-order valence-corrected chi connectivity index (χ1v) is 12.7. The van der Waals surface area contributed by atoms with Crippen molar-refractivity contribution in [3.05, 3.63) is 101 Å². The Morgan fingerprint density at radius 2 is 1.82 bits per heavy atom. The van der Waals surface area contributed by atoms with Gasteiger partial charge in [-0.15, -0.1) is 0 Å². The summed E-state index contributed by atoms with van der Waals surface area (Å²) < 4.78 is 5.55. The third-order valence-electron chi connectivity index (χ3n) is 5.63. The molecular weight excluding hydrogens is 500 g/mol. The summed E-state index contributed by atoms with van der Waals surface area (Å²) in [7, 11) is 0. The molecule has 8 nitrogen and oxygen atoms in total.